The lowest BCUT2D eigenvalue weighted by molar-refractivity contribution is -0.181. The summed E-state index contributed by atoms with van der Waals surface area (Å²) >= 11 is 0. The highest BCUT2D eigenvalue weighted by Crippen LogP contribution is 2.32. The van der Waals surface area contributed by atoms with Crippen molar-refractivity contribution in [2.75, 3.05) is 19.6 Å². The highest BCUT2D eigenvalue weighted by atomic mass is 19.4. The Balaban J connectivity index is 2.52. The van der Waals surface area contributed by atoms with Crippen LogP contribution in [0.1, 0.15) is 26.2 Å². The van der Waals surface area contributed by atoms with Gasteiger partial charge < -0.3 is 10.6 Å². The molecule has 0 radical (unpaired) electrons. The number of halogens is 3. The molecule has 1 aliphatic heterocycles. The van der Waals surface area contributed by atoms with Crippen molar-refractivity contribution >= 4 is 5.91 Å². The standard InChI is InChI=1S/C11H19F3N2O/c1-8-3-5-16(7-8)10(17)6-9(2-4-15)11(12,13)14/h8-9H,2-7,15H2,1H3. The molecule has 0 spiro atoms. The third-order valence-electron chi connectivity index (χ3n) is 3.18. The molecule has 2 atom stereocenters. The predicted octanol–water partition coefficient (Wildman–Crippen LogP) is 1.77. The second kappa shape index (κ2) is 5.71. The van der Waals surface area contributed by atoms with Crippen LogP contribution in [-0.2, 0) is 4.79 Å². The third-order valence-corrected chi connectivity index (χ3v) is 3.18. The molecule has 1 heterocycles. The van der Waals surface area contributed by atoms with Gasteiger partial charge in [0.1, 0.15) is 0 Å². The zero-order valence-electron chi connectivity index (χ0n) is 9.96. The first-order valence-electron chi connectivity index (χ1n) is 5.89. The summed E-state index contributed by atoms with van der Waals surface area (Å²) in [7, 11) is 0. The van der Waals surface area contributed by atoms with Gasteiger partial charge in [-0.25, -0.2) is 0 Å². The van der Waals surface area contributed by atoms with Crippen molar-refractivity contribution < 1.29 is 18.0 Å². The Kier molecular flexibility index (Phi) is 4.80. The molecule has 0 aliphatic carbocycles. The average Bonchev–Trinajstić information content (AvgIpc) is 2.62. The second-order valence-corrected chi connectivity index (χ2v) is 4.75. The van der Waals surface area contributed by atoms with E-state index in [1.807, 2.05) is 6.92 Å². The summed E-state index contributed by atoms with van der Waals surface area (Å²) in [6, 6.07) is 0. The lowest BCUT2D eigenvalue weighted by Crippen LogP contribution is -2.35. The minimum atomic E-state index is -4.33. The highest BCUT2D eigenvalue weighted by molar-refractivity contribution is 5.76. The van der Waals surface area contributed by atoms with Crippen molar-refractivity contribution in [2.45, 2.75) is 32.4 Å². The summed E-state index contributed by atoms with van der Waals surface area (Å²) in [5.41, 5.74) is 5.15. The summed E-state index contributed by atoms with van der Waals surface area (Å²) in [6.45, 7) is 3.10. The molecule has 3 nitrogen and oxygen atoms in total. The highest BCUT2D eigenvalue weighted by Gasteiger charge is 2.41. The van der Waals surface area contributed by atoms with Crippen LogP contribution in [0.4, 0.5) is 13.2 Å². The average molecular weight is 252 g/mol. The van der Waals surface area contributed by atoms with Crippen LogP contribution in [0.25, 0.3) is 0 Å². The van der Waals surface area contributed by atoms with Gasteiger partial charge in [-0.3, -0.25) is 4.79 Å². The molecular weight excluding hydrogens is 233 g/mol. The number of hydrogen-bond acceptors (Lipinski definition) is 2. The van der Waals surface area contributed by atoms with Crippen molar-refractivity contribution in [3.8, 4) is 0 Å². The molecule has 0 aromatic heterocycles. The molecule has 1 fully saturated rings. The van der Waals surface area contributed by atoms with Crippen molar-refractivity contribution in [1.29, 1.82) is 0 Å². The Morgan fingerprint density at radius 1 is 1.53 bits per heavy atom. The fourth-order valence-corrected chi connectivity index (χ4v) is 2.08. The first-order chi connectivity index (χ1) is 7.84. The molecular formula is C11H19F3N2O. The van der Waals surface area contributed by atoms with Gasteiger partial charge in [0.25, 0.3) is 0 Å². The minimum absolute atomic E-state index is 0.0478. The summed E-state index contributed by atoms with van der Waals surface area (Å²) in [6.07, 6.45) is -4.11. The van der Waals surface area contributed by atoms with Crippen LogP contribution in [0, 0.1) is 11.8 Å². The molecule has 0 aromatic carbocycles. The van der Waals surface area contributed by atoms with Gasteiger partial charge in [-0.05, 0) is 25.3 Å². The van der Waals surface area contributed by atoms with Crippen LogP contribution in [0.2, 0.25) is 0 Å². The summed E-state index contributed by atoms with van der Waals surface area (Å²) in [4.78, 5) is 13.2. The molecule has 0 bridgehead atoms. The number of nitrogens with two attached hydrogens (primary N) is 1. The molecule has 100 valence electrons. The van der Waals surface area contributed by atoms with Crippen molar-refractivity contribution in [3.05, 3.63) is 0 Å². The Bertz CT molecular complexity index is 268. The summed E-state index contributed by atoms with van der Waals surface area (Å²) in [5, 5.41) is 0. The van der Waals surface area contributed by atoms with Gasteiger partial charge in [0, 0.05) is 19.5 Å². The number of carbonyl (C=O) groups is 1. The van der Waals surface area contributed by atoms with Gasteiger partial charge in [-0.1, -0.05) is 6.92 Å². The van der Waals surface area contributed by atoms with Gasteiger partial charge in [0.05, 0.1) is 5.92 Å². The molecule has 2 N–H and O–H groups in total. The Morgan fingerprint density at radius 2 is 2.18 bits per heavy atom. The van der Waals surface area contributed by atoms with Gasteiger partial charge in [-0.2, -0.15) is 13.2 Å². The lowest BCUT2D eigenvalue weighted by atomic mass is 10.00. The second-order valence-electron chi connectivity index (χ2n) is 4.75. The topological polar surface area (TPSA) is 46.3 Å². The van der Waals surface area contributed by atoms with E-state index in [1.54, 1.807) is 0 Å². The molecule has 6 heteroatoms. The summed E-state index contributed by atoms with van der Waals surface area (Å²) in [5.74, 6) is -1.61. The first kappa shape index (κ1) is 14.3. The fourth-order valence-electron chi connectivity index (χ4n) is 2.08. The zero-order chi connectivity index (χ0) is 13.1. The number of likely N-dealkylation sites (tertiary alicyclic amines) is 1. The van der Waals surface area contributed by atoms with E-state index in [0.29, 0.717) is 19.0 Å². The van der Waals surface area contributed by atoms with E-state index in [4.69, 9.17) is 5.73 Å². The first-order valence-corrected chi connectivity index (χ1v) is 5.89. The Hall–Kier alpha value is -0.780. The smallest absolute Gasteiger partial charge is 0.342 e. The number of amides is 1. The minimum Gasteiger partial charge on any atom is -0.342 e. The van der Waals surface area contributed by atoms with E-state index >= 15 is 0 Å². The fraction of sp³-hybridized carbons (Fsp3) is 0.909. The van der Waals surface area contributed by atoms with E-state index in [2.05, 4.69) is 0 Å². The molecule has 0 saturated carbocycles. The van der Waals surface area contributed by atoms with Crippen LogP contribution in [0.3, 0.4) is 0 Å². The number of carbonyl (C=O) groups excluding carboxylic acids is 1. The maximum absolute atomic E-state index is 12.6. The van der Waals surface area contributed by atoms with Crippen LogP contribution in [0.15, 0.2) is 0 Å². The number of alkyl halides is 3. The van der Waals surface area contributed by atoms with Crippen LogP contribution in [0.5, 0.6) is 0 Å². The van der Waals surface area contributed by atoms with E-state index in [1.165, 1.54) is 4.90 Å². The maximum atomic E-state index is 12.6. The zero-order valence-corrected chi connectivity index (χ0v) is 9.96. The molecule has 1 amide bonds. The van der Waals surface area contributed by atoms with Gasteiger partial charge in [0.2, 0.25) is 5.91 Å². The van der Waals surface area contributed by atoms with Crippen molar-refractivity contribution in [2.24, 2.45) is 17.6 Å². The van der Waals surface area contributed by atoms with Gasteiger partial charge in [0.15, 0.2) is 0 Å². The van der Waals surface area contributed by atoms with Crippen LogP contribution in [-0.4, -0.2) is 36.6 Å². The van der Waals surface area contributed by atoms with Gasteiger partial charge >= 0.3 is 6.18 Å². The van der Waals surface area contributed by atoms with E-state index in [9.17, 15) is 18.0 Å². The molecule has 17 heavy (non-hydrogen) atoms. The molecule has 0 aromatic rings. The molecule has 1 aliphatic rings. The lowest BCUT2D eigenvalue weighted by Gasteiger charge is -2.22. The quantitative estimate of drug-likeness (QED) is 0.829. The van der Waals surface area contributed by atoms with Crippen molar-refractivity contribution in [3.63, 3.8) is 0 Å². The molecule has 2 unspecified atom stereocenters. The SMILES string of the molecule is CC1CCN(C(=O)CC(CCN)C(F)(F)F)C1. The van der Waals surface area contributed by atoms with Crippen LogP contribution >= 0.6 is 0 Å². The Labute approximate surface area is 99.1 Å². The third kappa shape index (κ3) is 4.18. The number of hydrogen-bond donors (Lipinski definition) is 1. The maximum Gasteiger partial charge on any atom is 0.392 e. The Morgan fingerprint density at radius 3 is 2.59 bits per heavy atom. The molecule has 1 rings (SSSR count). The molecule has 1 saturated heterocycles. The predicted molar refractivity (Wildman–Crippen MR) is 58.2 cm³/mol. The van der Waals surface area contributed by atoms with Crippen molar-refractivity contribution in [1.82, 2.24) is 4.90 Å². The summed E-state index contributed by atoms with van der Waals surface area (Å²) < 4.78 is 37.8. The number of rotatable bonds is 4. The van der Waals surface area contributed by atoms with Gasteiger partial charge in [-0.15, -0.1) is 0 Å². The van der Waals surface area contributed by atoms with Crippen LogP contribution < -0.4 is 5.73 Å². The van der Waals surface area contributed by atoms with E-state index in [-0.39, 0.29) is 13.0 Å². The largest absolute Gasteiger partial charge is 0.392 e. The van der Waals surface area contributed by atoms with E-state index < -0.39 is 24.4 Å². The normalized spacial score (nSPS) is 22.9. The van der Waals surface area contributed by atoms with E-state index in [0.717, 1.165) is 6.42 Å². The monoisotopic (exact) mass is 252 g/mol. The number of nitrogens with zero attached hydrogens (tertiary/aromatic N) is 1.